The molecule has 0 aliphatic carbocycles. The highest BCUT2D eigenvalue weighted by atomic mass is 15.2. The van der Waals surface area contributed by atoms with Gasteiger partial charge in [0.25, 0.3) is 0 Å². The summed E-state index contributed by atoms with van der Waals surface area (Å²) in [7, 11) is 0. The standard InChI is InChI=1S/C16H30N4/c1-6-9-10-11-16(4,5)12-17-15-18-13(7-2)14(8-3)19-20-15/h6-12H2,1-5H3,(H,17,18,20). The third-order valence-corrected chi connectivity index (χ3v) is 3.69. The Hall–Kier alpha value is -1.19. The van der Waals surface area contributed by atoms with Gasteiger partial charge in [-0.15, -0.1) is 5.10 Å². The molecule has 4 heteroatoms. The summed E-state index contributed by atoms with van der Waals surface area (Å²) >= 11 is 0. The summed E-state index contributed by atoms with van der Waals surface area (Å²) in [5.74, 6) is 0.669. The van der Waals surface area contributed by atoms with Crippen molar-refractivity contribution >= 4 is 5.95 Å². The van der Waals surface area contributed by atoms with Crippen molar-refractivity contribution < 1.29 is 0 Å². The molecule has 0 spiro atoms. The van der Waals surface area contributed by atoms with Gasteiger partial charge in [0.1, 0.15) is 0 Å². The van der Waals surface area contributed by atoms with Crippen LogP contribution in [0.2, 0.25) is 0 Å². The summed E-state index contributed by atoms with van der Waals surface area (Å²) < 4.78 is 0. The first-order chi connectivity index (χ1) is 9.52. The van der Waals surface area contributed by atoms with Crippen molar-refractivity contribution in [3.63, 3.8) is 0 Å². The molecular formula is C16H30N4. The second-order valence-corrected chi connectivity index (χ2v) is 6.21. The highest BCUT2D eigenvalue weighted by Gasteiger charge is 2.18. The van der Waals surface area contributed by atoms with Crippen LogP contribution in [-0.2, 0) is 12.8 Å². The van der Waals surface area contributed by atoms with Crippen LogP contribution in [0.1, 0.15) is 71.7 Å². The molecule has 0 saturated carbocycles. The highest BCUT2D eigenvalue weighted by molar-refractivity contribution is 5.26. The van der Waals surface area contributed by atoms with Gasteiger partial charge in [0.05, 0.1) is 11.4 Å². The molecule has 0 unspecified atom stereocenters. The molecule has 0 bridgehead atoms. The molecule has 0 aliphatic rings. The van der Waals surface area contributed by atoms with Gasteiger partial charge in [0.2, 0.25) is 5.95 Å². The van der Waals surface area contributed by atoms with E-state index in [1.807, 2.05) is 0 Å². The van der Waals surface area contributed by atoms with Gasteiger partial charge in [0.15, 0.2) is 0 Å². The molecular weight excluding hydrogens is 248 g/mol. The van der Waals surface area contributed by atoms with Gasteiger partial charge in [0, 0.05) is 6.54 Å². The minimum atomic E-state index is 0.272. The van der Waals surface area contributed by atoms with Crippen LogP contribution in [0.3, 0.4) is 0 Å². The zero-order valence-corrected chi connectivity index (χ0v) is 13.8. The Balaban J connectivity index is 2.56. The molecule has 1 rings (SSSR count). The molecule has 20 heavy (non-hydrogen) atoms. The van der Waals surface area contributed by atoms with Gasteiger partial charge in [-0.1, -0.05) is 53.9 Å². The topological polar surface area (TPSA) is 50.7 Å². The van der Waals surface area contributed by atoms with Gasteiger partial charge in [-0.25, -0.2) is 4.98 Å². The van der Waals surface area contributed by atoms with E-state index < -0.39 is 0 Å². The number of hydrogen-bond acceptors (Lipinski definition) is 4. The predicted molar refractivity (Wildman–Crippen MR) is 85.0 cm³/mol. The molecule has 0 amide bonds. The number of aryl methyl sites for hydroxylation is 2. The van der Waals surface area contributed by atoms with Crippen molar-refractivity contribution in [2.75, 3.05) is 11.9 Å². The number of anilines is 1. The second kappa shape index (κ2) is 8.18. The van der Waals surface area contributed by atoms with Gasteiger partial charge >= 0.3 is 0 Å². The molecule has 1 aromatic rings. The van der Waals surface area contributed by atoms with Crippen molar-refractivity contribution in [2.24, 2.45) is 5.41 Å². The fraction of sp³-hybridized carbons (Fsp3) is 0.812. The number of rotatable bonds is 9. The van der Waals surface area contributed by atoms with E-state index >= 15 is 0 Å². The zero-order chi connectivity index (χ0) is 15.0. The summed E-state index contributed by atoms with van der Waals surface area (Å²) in [5.41, 5.74) is 2.35. The molecule has 0 radical (unpaired) electrons. The Morgan fingerprint density at radius 3 is 2.25 bits per heavy atom. The van der Waals surface area contributed by atoms with Crippen molar-refractivity contribution in [1.82, 2.24) is 15.2 Å². The van der Waals surface area contributed by atoms with E-state index in [0.29, 0.717) is 5.95 Å². The minimum Gasteiger partial charge on any atom is -0.352 e. The fourth-order valence-corrected chi connectivity index (χ4v) is 2.27. The minimum absolute atomic E-state index is 0.272. The van der Waals surface area contributed by atoms with Crippen molar-refractivity contribution in [3.05, 3.63) is 11.4 Å². The van der Waals surface area contributed by atoms with E-state index in [-0.39, 0.29) is 5.41 Å². The third kappa shape index (κ3) is 5.43. The smallest absolute Gasteiger partial charge is 0.242 e. The summed E-state index contributed by atoms with van der Waals surface area (Å²) in [6, 6.07) is 0. The maximum absolute atomic E-state index is 4.58. The summed E-state index contributed by atoms with van der Waals surface area (Å²) in [5, 5.41) is 11.8. The number of hydrogen-bond donors (Lipinski definition) is 1. The lowest BCUT2D eigenvalue weighted by Gasteiger charge is -2.24. The molecule has 0 saturated heterocycles. The average Bonchev–Trinajstić information content (AvgIpc) is 2.45. The summed E-state index contributed by atoms with van der Waals surface area (Å²) in [6.07, 6.45) is 6.91. The Kier molecular flexibility index (Phi) is 6.89. The van der Waals surface area contributed by atoms with Crippen molar-refractivity contribution in [2.45, 2.75) is 73.1 Å². The molecule has 0 fully saturated rings. The van der Waals surface area contributed by atoms with Gasteiger partial charge in [-0.3, -0.25) is 0 Å². The normalized spacial score (nSPS) is 11.7. The Morgan fingerprint density at radius 2 is 1.65 bits per heavy atom. The van der Waals surface area contributed by atoms with Crippen LogP contribution in [0.4, 0.5) is 5.95 Å². The third-order valence-electron chi connectivity index (χ3n) is 3.69. The van der Waals surface area contributed by atoms with Gasteiger partial charge in [-0.05, 0) is 24.7 Å². The molecule has 4 nitrogen and oxygen atoms in total. The number of nitrogens with one attached hydrogen (secondary N) is 1. The van der Waals surface area contributed by atoms with Crippen molar-refractivity contribution in [1.29, 1.82) is 0 Å². The molecule has 1 heterocycles. The zero-order valence-electron chi connectivity index (χ0n) is 13.8. The number of aromatic nitrogens is 3. The van der Waals surface area contributed by atoms with Crippen LogP contribution in [-0.4, -0.2) is 21.7 Å². The molecule has 1 N–H and O–H groups in total. The van der Waals surface area contributed by atoms with Crippen LogP contribution >= 0.6 is 0 Å². The van der Waals surface area contributed by atoms with E-state index in [0.717, 1.165) is 30.8 Å². The lowest BCUT2D eigenvalue weighted by molar-refractivity contribution is 0.341. The summed E-state index contributed by atoms with van der Waals surface area (Å²) in [6.45, 7) is 11.9. The van der Waals surface area contributed by atoms with Crippen LogP contribution in [0, 0.1) is 5.41 Å². The highest BCUT2D eigenvalue weighted by Crippen LogP contribution is 2.23. The molecule has 0 aliphatic heterocycles. The van der Waals surface area contributed by atoms with E-state index in [2.05, 4.69) is 55.1 Å². The van der Waals surface area contributed by atoms with Crippen LogP contribution in [0.5, 0.6) is 0 Å². The largest absolute Gasteiger partial charge is 0.352 e. The Labute approximate surface area is 123 Å². The predicted octanol–water partition coefficient (Wildman–Crippen LogP) is 4.01. The molecule has 0 atom stereocenters. The Morgan fingerprint density at radius 1 is 0.950 bits per heavy atom. The first-order valence-corrected chi connectivity index (χ1v) is 7.98. The maximum Gasteiger partial charge on any atom is 0.242 e. The lowest BCUT2D eigenvalue weighted by Crippen LogP contribution is -2.24. The van der Waals surface area contributed by atoms with Gasteiger partial charge < -0.3 is 5.32 Å². The molecule has 1 aromatic heterocycles. The summed E-state index contributed by atoms with van der Waals surface area (Å²) in [4.78, 5) is 4.58. The second-order valence-electron chi connectivity index (χ2n) is 6.21. The van der Waals surface area contributed by atoms with Crippen LogP contribution in [0.25, 0.3) is 0 Å². The maximum atomic E-state index is 4.58. The van der Waals surface area contributed by atoms with E-state index in [1.165, 1.54) is 25.7 Å². The fourth-order valence-electron chi connectivity index (χ4n) is 2.27. The van der Waals surface area contributed by atoms with Crippen molar-refractivity contribution in [3.8, 4) is 0 Å². The van der Waals surface area contributed by atoms with Crippen LogP contribution < -0.4 is 5.32 Å². The molecule has 0 aromatic carbocycles. The number of unbranched alkanes of at least 4 members (excludes halogenated alkanes) is 2. The number of nitrogens with zero attached hydrogens (tertiary/aromatic N) is 3. The molecule has 114 valence electrons. The van der Waals surface area contributed by atoms with E-state index in [4.69, 9.17) is 0 Å². The monoisotopic (exact) mass is 278 g/mol. The quantitative estimate of drug-likeness (QED) is 0.693. The van der Waals surface area contributed by atoms with Crippen LogP contribution in [0.15, 0.2) is 0 Å². The van der Waals surface area contributed by atoms with Gasteiger partial charge in [-0.2, -0.15) is 5.10 Å². The lowest BCUT2D eigenvalue weighted by atomic mass is 9.87. The Bertz CT molecular complexity index is 401. The first-order valence-electron chi connectivity index (χ1n) is 7.98. The SMILES string of the molecule is CCCCCC(C)(C)CNc1nnc(CC)c(CC)n1. The average molecular weight is 278 g/mol. The first kappa shape index (κ1) is 16.9. The van der Waals surface area contributed by atoms with E-state index in [1.54, 1.807) is 0 Å². The van der Waals surface area contributed by atoms with E-state index in [9.17, 15) is 0 Å².